The van der Waals surface area contributed by atoms with Crippen molar-refractivity contribution in [1.29, 1.82) is 0 Å². The molecule has 5 N–H and O–H groups in total. The largest absolute Gasteiger partial charge is 0.472 e. The van der Waals surface area contributed by atoms with Gasteiger partial charge < -0.3 is 25.8 Å². The molecule has 3 aromatic rings. The average molecular weight is 636 g/mol. The van der Waals surface area contributed by atoms with Crippen molar-refractivity contribution in [2.75, 3.05) is 24.7 Å². The Morgan fingerprint density at radius 2 is 1.83 bits per heavy atom. The number of hydrogen-bond donors (Lipinski definition) is 4. The van der Waals surface area contributed by atoms with Gasteiger partial charge in [0.25, 0.3) is 0 Å². The third kappa shape index (κ3) is 5.64. The van der Waals surface area contributed by atoms with Crippen LogP contribution in [-0.2, 0) is 36.7 Å². The standard InChI is InChI=1S/C19H23FN8O10P2S/c20-13-15-10(36-18(13)27-2-1-11(21)26-19(27)29)5-33-39(30,31)37-8-3-12(35-9(8)4-34-40(32,41)38-15)28-7-25-14-16(22)23-6-24-17(14)28/h1-2,6-10,12-13,15,18H,3-5H2,(H,30,31)(H,32,41)(H2,21,26,29)(H2,22,23,24)/t8-,9+,10+,12+,13+,15+,18+,40?/m0/s1. The Bertz CT molecular complexity index is 1630. The Balaban J connectivity index is 1.25. The van der Waals surface area contributed by atoms with Gasteiger partial charge in [-0.05, 0) is 6.07 Å². The molecule has 0 aliphatic carbocycles. The minimum absolute atomic E-state index is 0.0146. The first kappa shape index (κ1) is 28.6. The summed E-state index contributed by atoms with van der Waals surface area (Å²) < 4.78 is 76.8. The molecule has 3 aliphatic heterocycles. The lowest BCUT2D eigenvalue weighted by Crippen LogP contribution is -2.36. The number of anilines is 2. The predicted octanol–water partition coefficient (Wildman–Crippen LogP) is 0.726. The number of fused-ring (bicyclic) bond motifs is 3. The van der Waals surface area contributed by atoms with E-state index in [2.05, 4.69) is 32.2 Å². The van der Waals surface area contributed by atoms with Crippen LogP contribution in [0.1, 0.15) is 18.9 Å². The molecule has 3 aliphatic rings. The van der Waals surface area contributed by atoms with E-state index in [0.717, 1.165) is 10.8 Å². The fourth-order valence-electron chi connectivity index (χ4n) is 4.73. The molecule has 3 saturated heterocycles. The molecule has 2 unspecified atom stereocenters. The van der Waals surface area contributed by atoms with E-state index in [1.807, 2.05) is 0 Å². The Hall–Kier alpha value is -2.51. The highest BCUT2D eigenvalue weighted by atomic mass is 32.7. The van der Waals surface area contributed by atoms with Crippen LogP contribution in [0.3, 0.4) is 0 Å². The maximum absolute atomic E-state index is 15.6. The number of phosphoric ester groups is 1. The summed E-state index contributed by atoms with van der Waals surface area (Å²) in [5.41, 5.74) is 11.0. The van der Waals surface area contributed by atoms with Crippen LogP contribution < -0.4 is 17.2 Å². The van der Waals surface area contributed by atoms with Gasteiger partial charge in [0.15, 0.2) is 23.9 Å². The molecule has 0 aromatic carbocycles. The summed E-state index contributed by atoms with van der Waals surface area (Å²) in [6, 6.07) is 1.24. The lowest BCUT2D eigenvalue weighted by atomic mass is 10.1. The van der Waals surface area contributed by atoms with Crippen LogP contribution in [0, 0.1) is 0 Å². The molecule has 3 fully saturated rings. The lowest BCUT2D eigenvalue weighted by Gasteiger charge is -2.27. The molecule has 222 valence electrons. The van der Waals surface area contributed by atoms with Gasteiger partial charge in [0.1, 0.15) is 48.3 Å². The van der Waals surface area contributed by atoms with E-state index in [1.165, 1.54) is 23.3 Å². The molecule has 0 amide bonds. The van der Waals surface area contributed by atoms with Crippen molar-refractivity contribution < 1.29 is 46.0 Å². The van der Waals surface area contributed by atoms with Crippen molar-refractivity contribution in [2.45, 2.75) is 49.5 Å². The third-order valence-corrected chi connectivity index (χ3v) is 9.22. The third-order valence-electron chi connectivity index (χ3n) is 6.60. The molecule has 6 heterocycles. The zero-order valence-electron chi connectivity index (χ0n) is 20.7. The highest BCUT2D eigenvalue weighted by molar-refractivity contribution is 8.44. The highest BCUT2D eigenvalue weighted by Crippen LogP contribution is 2.58. The van der Waals surface area contributed by atoms with Gasteiger partial charge in [0.2, 0.25) is 0 Å². The first-order valence-corrected chi connectivity index (χ1v) is 16.1. The van der Waals surface area contributed by atoms with Crippen molar-refractivity contribution in [3.8, 4) is 0 Å². The zero-order valence-corrected chi connectivity index (χ0v) is 23.3. The van der Waals surface area contributed by atoms with E-state index in [4.69, 9.17) is 39.0 Å². The summed E-state index contributed by atoms with van der Waals surface area (Å²) in [5.74, 6) is 0.0314. The fraction of sp³-hybridized carbons (Fsp3) is 0.526. The summed E-state index contributed by atoms with van der Waals surface area (Å²) in [7, 11) is -4.83. The van der Waals surface area contributed by atoms with Gasteiger partial charge in [-0.3, -0.25) is 27.2 Å². The molecule has 41 heavy (non-hydrogen) atoms. The van der Waals surface area contributed by atoms with E-state index >= 15 is 4.39 Å². The number of phosphoric acid groups is 1. The molecular weight excluding hydrogens is 613 g/mol. The van der Waals surface area contributed by atoms with E-state index in [1.54, 1.807) is 0 Å². The molecule has 0 radical (unpaired) electrons. The quantitative estimate of drug-likeness (QED) is 0.224. The van der Waals surface area contributed by atoms with Crippen molar-refractivity contribution in [1.82, 2.24) is 29.1 Å². The number of nitrogens with two attached hydrogens (primary N) is 2. The van der Waals surface area contributed by atoms with Crippen LogP contribution in [0.15, 0.2) is 29.7 Å². The van der Waals surface area contributed by atoms with Gasteiger partial charge in [0.05, 0.1) is 19.5 Å². The first-order chi connectivity index (χ1) is 19.4. The smallest absolute Gasteiger partial charge is 0.383 e. The molecule has 0 saturated carbocycles. The Morgan fingerprint density at radius 1 is 1.05 bits per heavy atom. The summed E-state index contributed by atoms with van der Waals surface area (Å²) >= 11 is 3.96. The van der Waals surface area contributed by atoms with Crippen molar-refractivity contribution in [3.63, 3.8) is 0 Å². The average Bonchev–Trinajstić information content (AvgIpc) is 3.58. The Labute approximate surface area is 234 Å². The van der Waals surface area contributed by atoms with Crippen LogP contribution in [-0.4, -0.2) is 77.8 Å². The molecule has 3 aromatic heterocycles. The number of imidazole rings is 1. The molecule has 6 rings (SSSR count). The number of aromatic nitrogens is 6. The number of ether oxygens (including phenoxy) is 2. The number of alkyl halides is 1. The molecule has 9 atom stereocenters. The SMILES string of the molecule is Nc1ccn([C@@H]2O[C@@H]3COP(=O)(O)O[C@H]4C[C@H](n5cnc6c(N)ncnc65)O[C@@H]4COP(=O)(S)O[C@H]3[C@H]2F)c(=O)n1. The minimum atomic E-state index is -4.83. The van der Waals surface area contributed by atoms with Crippen LogP contribution in [0.25, 0.3) is 11.2 Å². The van der Waals surface area contributed by atoms with Crippen LogP contribution in [0.5, 0.6) is 0 Å². The topological polar surface area (TPSA) is 240 Å². The number of rotatable bonds is 2. The second kappa shape index (κ2) is 10.6. The molecule has 0 bridgehead atoms. The van der Waals surface area contributed by atoms with Gasteiger partial charge in [-0.15, -0.1) is 0 Å². The summed E-state index contributed by atoms with van der Waals surface area (Å²) in [6.07, 6.45) is -6.19. The van der Waals surface area contributed by atoms with Crippen molar-refractivity contribution in [2.24, 2.45) is 0 Å². The molecule has 22 heteroatoms. The maximum atomic E-state index is 15.6. The van der Waals surface area contributed by atoms with Gasteiger partial charge in [-0.1, -0.05) is 12.2 Å². The van der Waals surface area contributed by atoms with Crippen LogP contribution >= 0.6 is 26.9 Å². The summed E-state index contributed by atoms with van der Waals surface area (Å²) in [4.78, 5) is 38.5. The summed E-state index contributed by atoms with van der Waals surface area (Å²) in [6.45, 7) is -5.59. The van der Waals surface area contributed by atoms with Gasteiger partial charge >= 0.3 is 20.3 Å². The fourth-order valence-corrected chi connectivity index (χ4v) is 7.17. The lowest BCUT2D eigenvalue weighted by molar-refractivity contribution is -0.0618. The predicted molar refractivity (Wildman–Crippen MR) is 138 cm³/mol. The normalized spacial score (nSPS) is 38.2. The van der Waals surface area contributed by atoms with E-state index in [-0.39, 0.29) is 18.1 Å². The highest BCUT2D eigenvalue weighted by Gasteiger charge is 2.52. The monoisotopic (exact) mass is 636 g/mol. The van der Waals surface area contributed by atoms with Gasteiger partial charge in [-0.2, -0.15) is 4.98 Å². The number of thiol groups is 1. The van der Waals surface area contributed by atoms with Crippen molar-refractivity contribution in [3.05, 3.63) is 35.4 Å². The van der Waals surface area contributed by atoms with E-state index in [9.17, 15) is 18.8 Å². The second-order valence-electron chi connectivity index (χ2n) is 9.24. The number of nitrogen functional groups attached to an aromatic ring is 2. The number of nitrogens with zero attached hydrogens (tertiary/aromatic N) is 6. The second-order valence-corrected chi connectivity index (χ2v) is 13.5. The molecular formula is C19H23FN8O10P2S. The zero-order chi connectivity index (χ0) is 29.1. The molecule has 18 nitrogen and oxygen atoms in total. The van der Waals surface area contributed by atoms with Gasteiger partial charge in [-0.25, -0.2) is 33.3 Å². The van der Waals surface area contributed by atoms with Crippen LogP contribution in [0.4, 0.5) is 16.0 Å². The van der Waals surface area contributed by atoms with Gasteiger partial charge in [0, 0.05) is 12.6 Å². The maximum Gasteiger partial charge on any atom is 0.472 e. The summed E-state index contributed by atoms with van der Waals surface area (Å²) in [5, 5.41) is 0. The van der Waals surface area contributed by atoms with Crippen LogP contribution in [0.2, 0.25) is 0 Å². The van der Waals surface area contributed by atoms with E-state index < -0.39 is 76.6 Å². The first-order valence-electron chi connectivity index (χ1n) is 11.9. The van der Waals surface area contributed by atoms with E-state index in [0.29, 0.717) is 11.2 Å². The Kier molecular flexibility index (Phi) is 7.42. The number of hydrogen-bond acceptors (Lipinski definition) is 15. The minimum Gasteiger partial charge on any atom is -0.383 e. The van der Waals surface area contributed by atoms with Crippen molar-refractivity contribution >= 4 is 49.7 Å². The number of halogens is 1. The molecule has 0 spiro atoms. The Morgan fingerprint density at radius 3 is 2.61 bits per heavy atom.